The van der Waals surface area contributed by atoms with Gasteiger partial charge in [0.2, 0.25) is 11.2 Å². The molecule has 0 aromatic heterocycles. The minimum absolute atomic E-state index is 0.850. The van der Waals surface area contributed by atoms with Gasteiger partial charge in [-0.3, -0.25) is 14.1 Å². The van der Waals surface area contributed by atoms with Gasteiger partial charge in [0, 0.05) is 0 Å². The summed E-state index contributed by atoms with van der Waals surface area (Å²) in [5.74, 6) is -2.38. The number of primary amides is 1. The Kier molecular flexibility index (Phi) is 9.69. The lowest BCUT2D eigenvalue weighted by molar-refractivity contribution is -0.124. The topological polar surface area (TPSA) is 118 Å². The van der Waals surface area contributed by atoms with Gasteiger partial charge in [-0.15, -0.1) is 0 Å². The third-order valence-corrected chi connectivity index (χ3v) is 3.43. The van der Waals surface area contributed by atoms with E-state index in [4.69, 9.17) is 4.55 Å². The van der Waals surface area contributed by atoms with Crippen molar-refractivity contribution >= 4 is 21.8 Å². The van der Waals surface area contributed by atoms with Crippen LogP contribution in [0.5, 0.6) is 0 Å². The van der Waals surface area contributed by atoms with Crippen LogP contribution in [0.1, 0.15) is 27.7 Å². The minimum Gasteiger partial charge on any atom is -0.368 e. The molecule has 0 heterocycles. The van der Waals surface area contributed by atoms with Crippen molar-refractivity contribution < 1.29 is 22.6 Å². The minimum atomic E-state index is -4.69. The van der Waals surface area contributed by atoms with Gasteiger partial charge in [0.05, 0.1) is 0 Å². The van der Waals surface area contributed by atoms with Crippen LogP contribution in [0.15, 0.2) is 0 Å². The zero-order chi connectivity index (χ0) is 14.9. The highest BCUT2D eigenvalue weighted by Gasteiger charge is 2.33. The fourth-order valence-corrected chi connectivity index (χ4v) is 1.94. The summed E-state index contributed by atoms with van der Waals surface area (Å²) in [4.78, 5) is 23.0. The van der Waals surface area contributed by atoms with Gasteiger partial charge in [-0.25, -0.2) is 0 Å². The molecule has 0 aliphatic rings. The lowest BCUT2D eigenvalue weighted by Gasteiger charge is -2.13. The number of nitrogens with two attached hydrogens (primary N) is 1. The zero-order valence-corrected chi connectivity index (χ0v) is 12.0. The Hall–Kier alpha value is -0.990. The number of ketones is 1. The number of amides is 1. The molecule has 3 N–H and O–H groups in total. The van der Waals surface area contributed by atoms with E-state index in [0.29, 0.717) is 0 Å². The van der Waals surface area contributed by atoms with Gasteiger partial charge in [-0.2, -0.15) is 8.42 Å². The summed E-state index contributed by atoms with van der Waals surface area (Å²) in [5.41, 5.74) is 4.52. The predicted octanol–water partition coefficient (Wildman–Crippen LogP) is -0.335. The first-order valence-corrected chi connectivity index (χ1v) is 7.10. The van der Waals surface area contributed by atoms with E-state index < -0.39 is 27.1 Å². The third kappa shape index (κ3) is 8.15. The average molecular weight is 282 g/mol. The molecule has 7 nitrogen and oxygen atoms in total. The fraction of sp³-hybridized carbons (Fsp3) is 0.800. The molecule has 0 rings (SSSR count). The van der Waals surface area contributed by atoms with Crippen molar-refractivity contribution in [1.29, 1.82) is 0 Å². The van der Waals surface area contributed by atoms with E-state index in [1.54, 1.807) is 0 Å². The summed E-state index contributed by atoms with van der Waals surface area (Å²) in [6.07, 6.45) is 0. The standard InChI is InChI=1S/C6H15N.C4H7NO5S/c1-4-7(5-2)6-3;1-2(6)3(4(5)7)11(8,9)10/h4-6H2,1-3H3;3H,1H3,(H2,5,7)(H,8,9,10). The molecule has 1 unspecified atom stereocenters. The van der Waals surface area contributed by atoms with Crippen LogP contribution in [0.4, 0.5) is 0 Å². The van der Waals surface area contributed by atoms with E-state index in [1.165, 1.54) is 19.6 Å². The van der Waals surface area contributed by atoms with Crippen molar-refractivity contribution in [2.24, 2.45) is 5.73 Å². The van der Waals surface area contributed by atoms with Crippen LogP contribution in [0.25, 0.3) is 0 Å². The Morgan fingerprint density at radius 3 is 1.50 bits per heavy atom. The molecule has 0 aliphatic carbocycles. The van der Waals surface area contributed by atoms with Crippen LogP contribution in [0, 0.1) is 0 Å². The summed E-state index contributed by atoms with van der Waals surface area (Å²) < 4.78 is 28.8. The number of hydrogen-bond acceptors (Lipinski definition) is 5. The number of nitrogens with zero attached hydrogens (tertiary/aromatic N) is 1. The van der Waals surface area contributed by atoms with E-state index in [1.807, 2.05) is 0 Å². The monoisotopic (exact) mass is 282 g/mol. The maximum absolute atomic E-state index is 10.4. The summed E-state index contributed by atoms with van der Waals surface area (Å²) in [7, 11) is -4.69. The SMILES string of the molecule is CC(=O)C(C(N)=O)S(=O)(=O)O.CCN(CC)CC. The molecule has 0 aromatic carbocycles. The molecule has 8 heteroatoms. The maximum atomic E-state index is 10.4. The molecule has 0 saturated carbocycles. The second-order valence-corrected chi connectivity index (χ2v) is 5.03. The Bertz CT molecular complexity index is 343. The van der Waals surface area contributed by atoms with Crippen LogP contribution < -0.4 is 5.73 Å². The lowest BCUT2D eigenvalue weighted by Crippen LogP contribution is -2.40. The van der Waals surface area contributed by atoms with Crippen molar-refractivity contribution in [2.45, 2.75) is 32.9 Å². The van der Waals surface area contributed by atoms with E-state index in [2.05, 4.69) is 31.4 Å². The normalized spacial score (nSPS) is 12.6. The number of carbonyl (C=O) groups is 2. The summed E-state index contributed by atoms with van der Waals surface area (Å²) >= 11 is 0. The molecule has 0 radical (unpaired) electrons. The summed E-state index contributed by atoms with van der Waals surface area (Å²) in [6.45, 7) is 11.0. The molecule has 1 atom stereocenters. The van der Waals surface area contributed by atoms with E-state index in [-0.39, 0.29) is 0 Å². The molecular weight excluding hydrogens is 260 g/mol. The molecule has 108 valence electrons. The first-order chi connectivity index (χ1) is 8.11. The molecule has 0 bridgehead atoms. The Balaban J connectivity index is 0. The van der Waals surface area contributed by atoms with Gasteiger partial charge in [-0.1, -0.05) is 20.8 Å². The molecule has 0 aromatic rings. The fourth-order valence-electron chi connectivity index (χ4n) is 1.23. The van der Waals surface area contributed by atoms with Crippen LogP contribution >= 0.6 is 0 Å². The first kappa shape index (κ1) is 19.4. The maximum Gasteiger partial charge on any atom is 0.284 e. The molecule has 0 aliphatic heterocycles. The van der Waals surface area contributed by atoms with E-state index in [0.717, 1.165) is 6.92 Å². The lowest BCUT2D eigenvalue weighted by atomic mass is 10.3. The van der Waals surface area contributed by atoms with Gasteiger partial charge < -0.3 is 10.6 Å². The molecule has 0 saturated heterocycles. The number of rotatable bonds is 6. The second-order valence-electron chi connectivity index (χ2n) is 3.53. The van der Waals surface area contributed by atoms with Crippen molar-refractivity contribution in [3.05, 3.63) is 0 Å². The van der Waals surface area contributed by atoms with Crippen LogP contribution in [-0.4, -0.2) is 54.4 Å². The van der Waals surface area contributed by atoms with Gasteiger partial charge in [0.1, 0.15) is 0 Å². The first-order valence-electron chi connectivity index (χ1n) is 5.60. The van der Waals surface area contributed by atoms with E-state index >= 15 is 0 Å². The highest BCUT2D eigenvalue weighted by Crippen LogP contribution is 1.98. The average Bonchev–Trinajstić information content (AvgIpc) is 2.17. The number of carbonyl (C=O) groups excluding carboxylic acids is 2. The molecular formula is C10H22N2O5S. The summed E-state index contributed by atoms with van der Waals surface area (Å²) in [6, 6.07) is 0. The van der Waals surface area contributed by atoms with Gasteiger partial charge >= 0.3 is 0 Å². The van der Waals surface area contributed by atoms with Gasteiger partial charge in [0.25, 0.3) is 10.1 Å². The largest absolute Gasteiger partial charge is 0.368 e. The highest BCUT2D eigenvalue weighted by atomic mass is 32.2. The Morgan fingerprint density at radius 2 is 1.50 bits per heavy atom. The molecule has 0 spiro atoms. The number of hydrogen-bond donors (Lipinski definition) is 2. The third-order valence-electron chi connectivity index (χ3n) is 2.27. The zero-order valence-electron chi connectivity index (χ0n) is 11.2. The Labute approximate surface area is 108 Å². The predicted molar refractivity (Wildman–Crippen MR) is 68.7 cm³/mol. The van der Waals surface area contributed by atoms with Gasteiger partial charge in [0.15, 0.2) is 5.78 Å². The van der Waals surface area contributed by atoms with Crippen molar-refractivity contribution in [3.63, 3.8) is 0 Å². The van der Waals surface area contributed by atoms with E-state index in [9.17, 15) is 18.0 Å². The quantitative estimate of drug-likeness (QED) is 0.508. The van der Waals surface area contributed by atoms with Crippen LogP contribution in [0.3, 0.4) is 0 Å². The number of Topliss-reactive ketones (excluding diaryl/α,β-unsaturated/α-hetero) is 1. The Morgan fingerprint density at radius 1 is 1.17 bits per heavy atom. The smallest absolute Gasteiger partial charge is 0.284 e. The molecule has 18 heavy (non-hydrogen) atoms. The molecule has 0 fully saturated rings. The van der Waals surface area contributed by atoms with Crippen molar-refractivity contribution in [2.75, 3.05) is 19.6 Å². The van der Waals surface area contributed by atoms with Crippen LogP contribution in [0.2, 0.25) is 0 Å². The summed E-state index contributed by atoms with van der Waals surface area (Å²) in [5, 5.41) is -2.14. The van der Waals surface area contributed by atoms with Crippen molar-refractivity contribution in [3.8, 4) is 0 Å². The second kappa shape index (κ2) is 9.01. The van der Waals surface area contributed by atoms with Gasteiger partial charge in [-0.05, 0) is 26.6 Å². The highest BCUT2D eigenvalue weighted by molar-refractivity contribution is 7.88. The van der Waals surface area contributed by atoms with Crippen LogP contribution in [-0.2, 0) is 19.7 Å². The van der Waals surface area contributed by atoms with Crippen molar-refractivity contribution in [1.82, 2.24) is 4.90 Å². The molecule has 1 amide bonds.